The molecule has 0 saturated heterocycles. The highest BCUT2D eigenvalue weighted by Crippen LogP contribution is 2.39. The Morgan fingerprint density at radius 3 is 2.84 bits per heavy atom. The largest absolute Gasteiger partial charge is 0.467 e. The third-order valence-electron chi connectivity index (χ3n) is 4.03. The molecule has 5 nitrogen and oxygen atoms in total. The molecule has 1 aromatic carbocycles. The number of aryl methyl sites for hydroxylation is 2. The number of fused-ring (bicyclic) bond motifs is 3. The lowest BCUT2D eigenvalue weighted by molar-refractivity contribution is -0.118. The Balaban J connectivity index is 1.52. The van der Waals surface area contributed by atoms with Gasteiger partial charge in [0.15, 0.2) is 6.61 Å². The van der Waals surface area contributed by atoms with E-state index >= 15 is 0 Å². The first-order valence-corrected chi connectivity index (χ1v) is 9.32. The molecule has 4 rings (SSSR count). The Bertz CT molecular complexity index is 954. The molecule has 1 N–H and O–H groups in total. The van der Waals surface area contributed by atoms with E-state index in [2.05, 4.69) is 15.3 Å². The Morgan fingerprint density at radius 2 is 2.04 bits per heavy atom. The molecule has 2 heterocycles. The van der Waals surface area contributed by atoms with Crippen LogP contribution in [0.4, 0.5) is 5.69 Å². The Hall–Kier alpha value is -1.89. The van der Waals surface area contributed by atoms with Gasteiger partial charge < -0.3 is 10.1 Å². The number of anilines is 1. The van der Waals surface area contributed by atoms with Gasteiger partial charge in [-0.15, -0.1) is 11.3 Å². The van der Waals surface area contributed by atoms with Crippen LogP contribution in [0.25, 0.3) is 10.2 Å². The van der Waals surface area contributed by atoms with Crippen molar-refractivity contribution in [3.63, 3.8) is 0 Å². The summed E-state index contributed by atoms with van der Waals surface area (Å²) in [5.41, 5.74) is 1.63. The number of para-hydroxylation sites is 1. The SMILES string of the molecule is O=C(COc1ncnc2sc3c(c12)CCC3)Nc1c(Cl)cccc1Cl. The first-order valence-electron chi connectivity index (χ1n) is 7.75. The molecule has 0 saturated carbocycles. The fourth-order valence-corrected chi connectivity index (χ4v) is 4.65. The molecule has 0 radical (unpaired) electrons. The average Bonchev–Trinajstić information content (AvgIpc) is 3.17. The number of rotatable bonds is 4. The number of carbonyl (C=O) groups is 1. The number of ether oxygens (including phenoxy) is 1. The van der Waals surface area contributed by atoms with Gasteiger partial charge in [0.2, 0.25) is 5.88 Å². The third kappa shape index (κ3) is 3.17. The zero-order chi connectivity index (χ0) is 17.4. The number of benzene rings is 1. The van der Waals surface area contributed by atoms with Crippen molar-refractivity contribution in [1.82, 2.24) is 9.97 Å². The lowest BCUT2D eigenvalue weighted by Gasteiger charge is -2.10. The van der Waals surface area contributed by atoms with E-state index in [0.717, 1.165) is 29.5 Å². The van der Waals surface area contributed by atoms with Gasteiger partial charge in [0, 0.05) is 4.88 Å². The fraction of sp³-hybridized carbons (Fsp3) is 0.235. The van der Waals surface area contributed by atoms with Crippen LogP contribution in [0.3, 0.4) is 0 Å². The predicted octanol–water partition coefficient (Wildman–Crippen LogP) is 4.50. The van der Waals surface area contributed by atoms with Crippen LogP contribution in [0.15, 0.2) is 24.5 Å². The maximum absolute atomic E-state index is 12.2. The van der Waals surface area contributed by atoms with Gasteiger partial charge in [-0.3, -0.25) is 4.79 Å². The number of amides is 1. The summed E-state index contributed by atoms with van der Waals surface area (Å²) >= 11 is 13.8. The van der Waals surface area contributed by atoms with Gasteiger partial charge in [-0.25, -0.2) is 9.97 Å². The van der Waals surface area contributed by atoms with E-state index in [1.807, 2.05) is 0 Å². The zero-order valence-corrected chi connectivity index (χ0v) is 15.3. The van der Waals surface area contributed by atoms with Gasteiger partial charge in [-0.05, 0) is 37.0 Å². The molecule has 128 valence electrons. The molecule has 25 heavy (non-hydrogen) atoms. The molecule has 1 amide bonds. The quantitative estimate of drug-likeness (QED) is 0.708. The van der Waals surface area contributed by atoms with Crippen LogP contribution in [-0.2, 0) is 17.6 Å². The van der Waals surface area contributed by atoms with Gasteiger partial charge in [0.25, 0.3) is 5.91 Å². The molecule has 2 aromatic heterocycles. The van der Waals surface area contributed by atoms with Crippen LogP contribution in [0.1, 0.15) is 16.9 Å². The van der Waals surface area contributed by atoms with Crippen molar-refractivity contribution in [3.8, 4) is 5.88 Å². The maximum Gasteiger partial charge on any atom is 0.262 e. The van der Waals surface area contributed by atoms with E-state index in [9.17, 15) is 4.79 Å². The molecule has 0 bridgehead atoms. The van der Waals surface area contributed by atoms with E-state index in [1.165, 1.54) is 16.8 Å². The van der Waals surface area contributed by atoms with E-state index in [1.54, 1.807) is 29.5 Å². The summed E-state index contributed by atoms with van der Waals surface area (Å²) in [5.74, 6) is 0.0958. The van der Waals surface area contributed by atoms with Crippen molar-refractivity contribution >= 4 is 56.3 Å². The molecule has 0 spiro atoms. The summed E-state index contributed by atoms with van der Waals surface area (Å²) in [6.07, 6.45) is 4.67. The van der Waals surface area contributed by atoms with Crippen molar-refractivity contribution in [3.05, 3.63) is 45.0 Å². The third-order valence-corrected chi connectivity index (χ3v) is 5.86. The number of thiophene rings is 1. The van der Waals surface area contributed by atoms with Gasteiger partial charge >= 0.3 is 0 Å². The summed E-state index contributed by atoms with van der Waals surface area (Å²) in [5, 5.41) is 4.36. The zero-order valence-electron chi connectivity index (χ0n) is 13.0. The van der Waals surface area contributed by atoms with Crippen LogP contribution in [0.5, 0.6) is 5.88 Å². The van der Waals surface area contributed by atoms with Crippen molar-refractivity contribution in [2.24, 2.45) is 0 Å². The van der Waals surface area contributed by atoms with E-state index < -0.39 is 0 Å². The van der Waals surface area contributed by atoms with Gasteiger partial charge in [-0.1, -0.05) is 29.3 Å². The second-order valence-corrected chi connectivity index (χ2v) is 7.55. The van der Waals surface area contributed by atoms with Crippen molar-refractivity contribution in [1.29, 1.82) is 0 Å². The molecule has 1 aliphatic carbocycles. The molecule has 8 heteroatoms. The van der Waals surface area contributed by atoms with Crippen LogP contribution in [0, 0.1) is 0 Å². The summed E-state index contributed by atoms with van der Waals surface area (Å²) in [6, 6.07) is 5.03. The second kappa shape index (κ2) is 6.78. The van der Waals surface area contributed by atoms with Crippen LogP contribution >= 0.6 is 34.5 Å². The number of hydrogen-bond donors (Lipinski definition) is 1. The Kier molecular flexibility index (Phi) is 4.50. The van der Waals surface area contributed by atoms with Gasteiger partial charge in [0.05, 0.1) is 21.1 Å². The van der Waals surface area contributed by atoms with Crippen LogP contribution < -0.4 is 10.1 Å². The number of nitrogens with zero attached hydrogens (tertiary/aromatic N) is 2. The molecule has 0 atom stereocenters. The highest BCUT2D eigenvalue weighted by Gasteiger charge is 2.22. The normalized spacial score (nSPS) is 13.0. The van der Waals surface area contributed by atoms with E-state index in [4.69, 9.17) is 27.9 Å². The first-order chi connectivity index (χ1) is 12.1. The first kappa shape index (κ1) is 16.6. The molecule has 1 aliphatic rings. The molecule has 0 fully saturated rings. The van der Waals surface area contributed by atoms with Crippen molar-refractivity contribution in [2.75, 3.05) is 11.9 Å². The van der Waals surface area contributed by atoms with Gasteiger partial charge in [-0.2, -0.15) is 0 Å². The predicted molar refractivity (Wildman–Crippen MR) is 100 cm³/mol. The number of nitrogens with one attached hydrogen (secondary N) is 1. The summed E-state index contributed by atoms with van der Waals surface area (Å²) in [4.78, 5) is 23.0. The molecular formula is C17H13Cl2N3O2S. The van der Waals surface area contributed by atoms with Crippen molar-refractivity contribution < 1.29 is 9.53 Å². The molecule has 0 unspecified atom stereocenters. The van der Waals surface area contributed by atoms with Crippen LogP contribution in [-0.4, -0.2) is 22.5 Å². The minimum atomic E-state index is -0.353. The van der Waals surface area contributed by atoms with Gasteiger partial charge in [0.1, 0.15) is 11.2 Å². The highest BCUT2D eigenvalue weighted by molar-refractivity contribution is 7.18. The fourth-order valence-electron chi connectivity index (χ4n) is 2.94. The van der Waals surface area contributed by atoms with E-state index in [-0.39, 0.29) is 12.5 Å². The van der Waals surface area contributed by atoms with Crippen LogP contribution in [0.2, 0.25) is 10.0 Å². The molecule has 0 aliphatic heterocycles. The summed E-state index contributed by atoms with van der Waals surface area (Å²) in [7, 11) is 0. The summed E-state index contributed by atoms with van der Waals surface area (Å²) in [6.45, 7) is -0.182. The molecular weight excluding hydrogens is 381 g/mol. The lowest BCUT2D eigenvalue weighted by atomic mass is 10.2. The topological polar surface area (TPSA) is 64.1 Å². The smallest absolute Gasteiger partial charge is 0.262 e. The maximum atomic E-state index is 12.2. The Labute approximate surface area is 158 Å². The van der Waals surface area contributed by atoms with E-state index in [0.29, 0.717) is 21.6 Å². The standard InChI is InChI=1S/C17H13Cl2N3O2S/c18-10-4-2-5-11(19)15(10)22-13(23)7-24-16-14-9-3-1-6-12(9)25-17(14)21-8-20-16/h2,4-5,8H,1,3,6-7H2,(H,22,23). The number of hydrogen-bond acceptors (Lipinski definition) is 5. The highest BCUT2D eigenvalue weighted by atomic mass is 35.5. The summed E-state index contributed by atoms with van der Waals surface area (Å²) < 4.78 is 5.67. The van der Waals surface area contributed by atoms with Crippen molar-refractivity contribution in [2.45, 2.75) is 19.3 Å². The second-order valence-electron chi connectivity index (χ2n) is 5.65. The minimum Gasteiger partial charge on any atom is -0.467 e. The number of carbonyl (C=O) groups excluding carboxylic acids is 1. The monoisotopic (exact) mass is 393 g/mol. The number of aromatic nitrogens is 2. The minimum absolute atomic E-state index is 0.182. The Morgan fingerprint density at radius 1 is 1.24 bits per heavy atom. The lowest BCUT2D eigenvalue weighted by Crippen LogP contribution is -2.21. The average molecular weight is 394 g/mol. The molecule has 3 aromatic rings. The number of halogens is 2.